The Morgan fingerprint density at radius 2 is 1.73 bits per heavy atom. The maximum atomic E-state index is 12.5. The average Bonchev–Trinajstić information content (AvgIpc) is 2.77. The van der Waals surface area contributed by atoms with Crippen LogP contribution in [0.3, 0.4) is 0 Å². The summed E-state index contributed by atoms with van der Waals surface area (Å²) in [5.41, 5.74) is 1.80. The molecule has 1 N–H and O–H groups in total. The Balaban J connectivity index is 1.62. The summed E-state index contributed by atoms with van der Waals surface area (Å²) in [5, 5.41) is 2.82. The van der Waals surface area contributed by atoms with Crippen molar-refractivity contribution >= 4 is 5.91 Å². The Labute approximate surface area is 175 Å². The molecule has 156 valence electrons. The van der Waals surface area contributed by atoms with Crippen LogP contribution in [0.5, 0.6) is 11.5 Å². The lowest BCUT2D eigenvalue weighted by atomic mass is 10.1. The van der Waals surface area contributed by atoms with Gasteiger partial charge in [-0.05, 0) is 32.0 Å². The second kappa shape index (κ2) is 10.2. The van der Waals surface area contributed by atoms with Crippen molar-refractivity contribution < 1.29 is 14.3 Å². The monoisotopic (exact) mass is 407 g/mol. The Kier molecular flexibility index (Phi) is 7.21. The minimum atomic E-state index is -0.249. The Hall–Kier alpha value is -3.61. The van der Waals surface area contributed by atoms with E-state index in [2.05, 4.69) is 10.3 Å². The highest BCUT2D eigenvalue weighted by Crippen LogP contribution is 2.28. The molecule has 0 aliphatic heterocycles. The molecule has 0 saturated carbocycles. The van der Waals surface area contributed by atoms with E-state index in [-0.39, 0.29) is 11.5 Å². The largest absolute Gasteiger partial charge is 0.490 e. The summed E-state index contributed by atoms with van der Waals surface area (Å²) >= 11 is 0. The molecule has 0 radical (unpaired) electrons. The molecule has 0 unspecified atom stereocenters. The minimum absolute atomic E-state index is 0.169. The van der Waals surface area contributed by atoms with E-state index in [1.165, 1.54) is 17.0 Å². The first kappa shape index (κ1) is 21.1. The van der Waals surface area contributed by atoms with Crippen LogP contribution >= 0.6 is 0 Å². The molecular formula is C23H25N3O4. The van der Waals surface area contributed by atoms with Gasteiger partial charge in [-0.15, -0.1) is 0 Å². The molecular weight excluding hydrogens is 382 g/mol. The number of rotatable bonds is 9. The molecule has 1 amide bonds. The second-order valence-electron chi connectivity index (χ2n) is 6.46. The van der Waals surface area contributed by atoms with Gasteiger partial charge in [0.1, 0.15) is 0 Å². The Bertz CT molecular complexity index is 1050. The topological polar surface area (TPSA) is 82.5 Å². The molecule has 0 aliphatic rings. The number of ether oxygens (including phenoxy) is 2. The first-order valence-electron chi connectivity index (χ1n) is 9.92. The number of hydrogen-bond acceptors (Lipinski definition) is 5. The van der Waals surface area contributed by atoms with Crippen LogP contribution in [-0.4, -0.2) is 35.2 Å². The van der Waals surface area contributed by atoms with Gasteiger partial charge in [-0.3, -0.25) is 14.2 Å². The summed E-state index contributed by atoms with van der Waals surface area (Å²) in [4.78, 5) is 29.2. The van der Waals surface area contributed by atoms with E-state index in [4.69, 9.17) is 9.47 Å². The van der Waals surface area contributed by atoms with Gasteiger partial charge in [0.15, 0.2) is 11.5 Å². The molecule has 7 heteroatoms. The van der Waals surface area contributed by atoms with Crippen LogP contribution < -0.4 is 20.3 Å². The van der Waals surface area contributed by atoms with Crippen LogP contribution in [0.15, 0.2) is 65.7 Å². The zero-order valence-electron chi connectivity index (χ0n) is 17.1. The lowest BCUT2D eigenvalue weighted by Gasteiger charge is -2.13. The van der Waals surface area contributed by atoms with Crippen LogP contribution in [0.25, 0.3) is 11.3 Å². The normalized spacial score (nSPS) is 10.5. The number of benzene rings is 2. The van der Waals surface area contributed by atoms with Crippen molar-refractivity contribution in [2.75, 3.05) is 19.8 Å². The minimum Gasteiger partial charge on any atom is -0.490 e. The lowest BCUT2D eigenvalue weighted by Crippen LogP contribution is -2.30. The maximum Gasteiger partial charge on any atom is 0.253 e. The third-order valence-corrected chi connectivity index (χ3v) is 4.39. The fraction of sp³-hybridized carbons (Fsp3) is 0.261. The van der Waals surface area contributed by atoms with Crippen LogP contribution in [0.2, 0.25) is 0 Å². The molecule has 0 fully saturated rings. The van der Waals surface area contributed by atoms with Gasteiger partial charge in [0, 0.05) is 30.3 Å². The van der Waals surface area contributed by atoms with Crippen molar-refractivity contribution in [3.05, 3.63) is 76.8 Å². The van der Waals surface area contributed by atoms with Crippen molar-refractivity contribution in [3.63, 3.8) is 0 Å². The highest BCUT2D eigenvalue weighted by atomic mass is 16.5. The summed E-state index contributed by atoms with van der Waals surface area (Å²) in [6.07, 6.45) is 1.50. The third-order valence-electron chi connectivity index (χ3n) is 4.39. The molecule has 0 spiro atoms. The molecule has 1 aromatic heterocycles. The summed E-state index contributed by atoms with van der Waals surface area (Å²) in [6, 6.07) is 16.1. The van der Waals surface area contributed by atoms with E-state index in [0.717, 1.165) is 5.56 Å². The first-order valence-corrected chi connectivity index (χ1v) is 9.92. The van der Waals surface area contributed by atoms with Crippen molar-refractivity contribution in [2.45, 2.75) is 20.4 Å². The van der Waals surface area contributed by atoms with E-state index in [1.54, 1.807) is 18.2 Å². The number of amides is 1. The van der Waals surface area contributed by atoms with Crippen LogP contribution in [0, 0.1) is 0 Å². The van der Waals surface area contributed by atoms with Gasteiger partial charge in [-0.2, -0.15) is 0 Å². The van der Waals surface area contributed by atoms with Gasteiger partial charge in [-0.1, -0.05) is 30.3 Å². The summed E-state index contributed by atoms with van der Waals surface area (Å²) in [5.74, 6) is 0.886. The van der Waals surface area contributed by atoms with Gasteiger partial charge < -0.3 is 14.8 Å². The summed E-state index contributed by atoms with van der Waals surface area (Å²) < 4.78 is 12.5. The average molecular weight is 407 g/mol. The van der Waals surface area contributed by atoms with E-state index in [1.807, 2.05) is 44.2 Å². The highest BCUT2D eigenvalue weighted by molar-refractivity contribution is 5.94. The van der Waals surface area contributed by atoms with Gasteiger partial charge in [0.2, 0.25) is 0 Å². The molecule has 0 atom stereocenters. The number of aromatic nitrogens is 2. The number of nitrogens with one attached hydrogen (secondary N) is 1. The summed E-state index contributed by atoms with van der Waals surface area (Å²) in [7, 11) is 0. The van der Waals surface area contributed by atoms with Gasteiger partial charge in [0.25, 0.3) is 11.5 Å². The molecule has 2 aromatic carbocycles. The Morgan fingerprint density at radius 1 is 1.00 bits per heavy atom. The van der Waals surface area contributed by atoms with Crippen molar-refractivity contribution in [1.82, 2.24) is 14.9 Å². The SMILES string of the molecule is CCOc1ccc(C(=O)NCCn2cnc(-c3ccccc3)cc2=O)cc1OCC. The molecule has 0 saturated heterocycles. The zero-order valence-corrected chi connectivity index (χ0v) is 17.1. The van der Waals surface area contributed by atoms with Gasteiger partial charge in [-0.25, -0.2) is 4.98 Å². The second-order valence-corrected chi connectivity index (χ2v) is 6.46. The van der Waals surface area contributed by atoms with E-state index in [9.17, 15) is 9.59 Å². The molecule has 3 rings (SSSR count). The number of nitrogens with zero attached hydrogens (tertiary/aromatic N) is 2. The fourth-order valence-electron chi connectivity index (χ4n) is 2.94. The van der Waals surface area contributed by atoms with Crippen LogP contribution in [0.1, 0.15) is 24.2 Å². The van der Waals surface area contributed by atoms with E-state index < -0.39 is 0 Å². The van der Waals surface area contributed by atoms with Gasteiger partial charge in [0.05, 0.1) is 25.2 Å². The third kappa shape index (κ3) is 5.26. The van der Waals surface area contributed by atoms with E-state index >= 15 is 0 Å². The molecule has 0 bridgehead atoms. The van der Waals surface area contributed by atoms with Crippen molar-refractivity contribution in [3.8, 4) is 22.8 Å². The molecule has 30 heavy (non-hydrogen) atoms. The number of carbonyl (C=O) groups excluding carboxylic acids is 1. The predicted molar refractivity (Wildman–Crippen MR) is 115 cm³/mol. The maximum absolute atomic E-state index is 12.5. The highest BCUT2D eigenvalue weighted by Gasteiger charge is 2.11. The van der Waals surface area contributed by atoms with Crippen molar-refractivity contribution in [1.29, 1.82) is 0 Å². The Morgan fingerprint density at radius 3 is 2.43 bits per heavy atom. The number of carbonyl (C=O) groups is 1. The molecule has 7 nitrogen and oxygen atoms in total. The van der Waals surface area contributed by atoms with Gasteiger partial charge >= 0.3 is 0 Å². The summed E-state index contributed by atoms with van der Waals surface area (Å²) in [6.45, 7) is 5.36. The quantitative estimate of drug-likeness (QED) is 0.589. The fourth-order valence-corrected chi connectivity index (χ4v) is 2.94. The zero-order chi connectivity index (χ0) is 21.3. The van der Waals surface area contributed by atoms with E-state index in [0.29, 0.717) is 49.1 Å². The molecule has 0 aliphatic carbocycles. The molecule has 1 heterocycles. The predicted octanol–water partition coefficient (Wildman–Crippen LogP) is 3.14. The number of hydrogen-bond donors (Lipinski definition) is 1. The van der Waals surface area contributed by atoms with Crippen LogP contribution in [-0.2, 0) is 6.54 Å². The lowest BCUT2D eigenvalue weighted by molar-refractivity contribution is 0.0951. The standard InChI is InChI=1S/C23H25N3O4/c1-3-29-20-11-10-18(14-21(20)30-4-2)23(28)24-12-13-26-16-25-19(15-22(26)27)17-8-6-5-7-9-17/h5-11,14-16H,3-4,12-13H2,1-2H3,(H,24,28). The molecule has 3 aromatic rings. The first-order chi connectivity index (χ1) is 14.6. The van der Waals surface area contributed by atoms with Crippen molar-refractivity contribution in [2.24, 2.45) is 0 Å². The smallest absolute Gasteiger partial charge is 0.253 e. The van der Waals surface area contributed by atoms with Crippen LogP contribution in [0.4, 0.5) is 0 Å².